The second kappa shape index (κ2) is 7.60. The molecule has 0 bridgehead atoms. The van der Waals surface area contributed by atoms with Crippen LogP contribution in [-0.2, 0) is 20.8 Å². The highest BCUT2D eigenvalue weighted by molar-refractivity contribution is 5.90. The molecule has 2 amide bonds. The fraction of sp³-hybridized carbons (Fsp3) is 0.312. The predicted octanol–water partition coefficient (Wildman–Crippen LogP) is -0.223. The molecule has 2 atom stereocenters. The number of H-pyrrole nitrogens is 1. The summed E-state index contributed by atoms with van der Waals surface area (Å²) in [5.41, 5.74) is 1.62. The van der Waals surface area contributed by atoms with Crippen LogP contribution in [0.3, 0.4) is 0 Å². The van der Waals surface area contributed by atoms with Crippen LogP contribution in [-0.4, -0.2) is 51.7 Å². The fourth-order valence-corrected chi connectivity index (χ4v) is 2.43. The molecular formula is C16H19N3O5. The van der Waals surface area contributed by atoms with Crippen molar-refractivity contribution >= 4 is 28.7 Å². The smallest absolute Gasteiger partial charge is 0.326 e. The van der Waals surface area contributed by atoms with Gasteiger partial charge in [-0.2, -0.15) is 0 Å². The number of rotatable bonds is 7. The summed E-state index contributed by atoms with van der Waals surface area (Å²) in [6.45, 7) is 0.585. The molecule has 0 fully saturated rings. The van der Waals surface area contributed by atoms with Crippen molar-refractivity contribution in [3.8, 4) is 0 Å². The van der Waals surface area contributed by atoms with Crippen molar-refractivity contribution in [2.24, 2.45) is 0 Å². The van der Waals surface area contributed by atoms with Gasteiger partial charge >= 0.3 is 5.97 Å². The van der Waals surface area contributed by atoms with Crippen molar-refractivity contribution in [3.05, 3.63) is 36.0 Å². The summed E-state index contributed by atoms with van der Waals surface area (Å²) >= 11 is 0. The Morgan fingerprint density at radius 1 is 1.17 bits per heavy atom. The van der Waals surface area contributed by atoms with Gasteiger partial charge in [-0.05, 0) is 11.6 Å². The minimum absolute atomic E-state index is 0.0727. The van der Waals surface area contributed by atoms with Gasteiger partial charge in [0.1, 0.15) is 12.1 Å². The summed E-state index contributed by atoms with van der Waals surface area (Å²) in [4.78, 5) is 37.6. The van der Waals surface area contributed by atoms with E-state index in [-0.39, 0.29) is 6.42 Å². The Morgan fingerprint density at radius 3 is 2.50 bits per heavy atom. The number of amides is 2. The molecule has 0 spiro atoms. The van der Waals surface area contributed by atoms with Gasteiger partial charge in [-0.25, -0.2) is 4.79 Å². The summed E-state index contributed by atoms with van der Waals surface area (Å²) in [6.07, 6.45) is 1.77. The molecule has 0 saturated carbocycles. The topological polar surface area (TPSA) is 132 Å². The van der Waals surface area contributed by atoms with Gasteiger partial charge in [0.2, 0.25) is 11.8 Å². The number of carboxylic acid groups (broad SMARTS) is 1. The molecule has 5 N–H and O–H groups in total. The lowest BCUT2D eigenvalue weighted by molar-refractivity contribution is -0.142. The van der Waals surface area contributed by atoms with Crippen LogP contribution in [0.25, 0.3) is 10.9 Å². The maximum atomic E-state index is 12.1. The van der Waals surface area contributed by atoms with E-state index in [0.717, 1.165) is 16.5 Å². The second-order valence-electron chi connectivity index (χ2n) is 5.40. The minimum Gasteiger partial charge on any atom is -0.480 e. The number of para-hydroxylation sites is 1. The van der Waals surface area contributed by atoms with Crippen LogP contribution in [0, 0.1) is 0 Å². The largest absolute Gasteiger partial charge is 0.480 e. The Hall–Kier alpha value is -2.87. The normalized spacial score (nSPS) is 13.2. The molecule has 8 nitrogen and oxygen atoms in total. The van der Waals surface area contributed by atoms with E-state index in [1.165, 1.54) is 6.92 Å². The van der Waals surface area contributed by atoms with Crippen LogP contribution in [0.5, 0.6) is 0 Å². The monoisotopic (exact) mass is 333 g/mol. The SMILES string of the molecule is CC(=O)N[C@@H](CO)C(=O)N[C@@H](Cc1c[nH]c2ccccc12)C(=O)O. The molecule has 0 aliphatic heterocycles. The molecule has 2 rings (SSSR count). The second-order valence-corrected chi connectivity index (χ2v) is 5.40. The lowest BCUT2D eigenvalue weighted by atomic mass is 10.0. The van der Waals surface area contributed by atoms with E-state index in [9.17, 15) is 19.5 Å². The van der Waals surface area contributed by atoms with E-state index in [4.69, 9.17) is 5.11 Å². The summed E-state index contributed by atoms with van der Waals surface area (Å²) < 4.78 is 0. The first kappa shape index (κ1) is 17.5. The number of aliphatic carboxylic acids is 1. The van der Waals surface area contributed by atoms with Gasteiger partial charge in [-0.3, -0.25) is 9.59 Å². The van der Waals surface area contributed by atoms with Crippen LogP contribution in [0.1, 0.15) is 12.5 Å². The molecular weight excluding hydrogens is 314 g/mol. The molecule has 1 heterocycles. The molecule has 2 aromatic rings. The van der Waals surface area contributed by atoms with E-state index < -0.39 is 36.5 Å². The highest BCUT2D eigenvalue weighted by Crippen LogP contribution is 2.19. The Bertz CT molecular complexity index is 755. The van der Waals surface area contributed by atoms with Crippen molar-refractivity contribution in [1.82, 2.24) is 15.6 Å². The molecule has 0 saturated heterocycles. The average Bonchev–Trinajstić information content (AvgIpc) is 2.94. The van der Waals surface area contributed by atoms with Crippen LogP contribution < -0.4 is 10.6 Å². The lowest BCUT2D eigenvalue weighted by Gasteiger charge is -2.19. The molecule has 0 radical (unpaired) electrons. The van der Waals surface area contributed by atoms with Crippen molar-refractivity contribution in [3.63, 3.8) is 0 Å². The summed E-state index contributed by atoms with van der Waals surface area (Å²) in [7, 11) is 0. The molecule has 24 heavy (non-hydrogen) atoms. The number of aliphatic hydroxyl groups excluding tert-OH is 1. The average molecular weight is 333 g/mol. The summed E-state index contributed by atoms with van der Waals surface area (Å²) in [5, 5.41) is 24.0. The number of carboxylic acids is 1. The van der Waals surface area contributed by atoms with Gasteiger partial charge < -0.3 is 25.8 Å². The van der Waals surface area contributed by atoms with Crippen LogP contribution in [0.2, 0.25) is 0 Å². The van der Waals surface area contributed by atoms with Crippen LogP contribution in [0.4, 0.5) is 0 Å². The number of benzene rings is 1. The Morgan fingerprint density at radius 2 is 1.88 bits per heavy atom. The van der Waals surface area contributed by atoms with Gasteiger partial charge in [0.15, 0.2) is 0 Å². The Kier molecular flexibility index (Phi) is 5.54. The number of aliphatic hydroxyl groups is 1. The van der Waals surface area contributed by atoms with Gasteiger partial charge in [0.05, 0.1) is 6.61 Å². The molecule has 8 heteroatoms. The van der Waals surface area contributed by atoms with Gasteiger partial charge in [0.25, 0.3) is 0 Å². The highest BCUT2D eigenvalue weighted by atomic mass is 16.4. The number of hydrogen-bond donors (Lipinski definition) is 5. The third-order valence-electron chi connectivity index (χ3n) is 3.59. The van der Waals surface area contributed by atoms with Crippen molar-refractivity contribution in [2.45, 2.75) is 25.4 Å². The number of aromatic nitrogens is 1. The lowest BCUT2D eigenvalue weighted by Crippen LogP contribution is -2.53. The zero-order valence-electron chi connectivity index (χ0n) is 13.1. The highest BCUT2D eigenvalue weighted by Gasteiger charge is 2.26. The van der Waals surface area contributed by atoms with Gasteiger partial charge in [-0.1, -0.05) is 18.2 Å². The first-order valence-electron chi connectivity index (χ1n) is 7.38. The first-order chi connectivity index (χ1) is 11.4. The zero-order valence-corrected chi connectivity index (χ0v) is 13.1. The van der Waals surface area contributed by atoms with E-state index in [0.29, 0.717) is 0 Å². The van der Waals surface area contributed by atoms with Gasteiger partial charge in [-0.15, -0.1) is 0 Å². The number of hydrogen-bond acceptors (Lipinski definition) is 4. The van der Waals surface area contributed by atoms with Crippen molar-refractivity contribution in [2.75, 3.05) is 6.61 Å². The van der Waals surface area contributed by atoms with Crippen LogP contribution in [0.15, 0.2) is 30.5 Å². The molecule has 0 unspecified atom stereocenters. The predicted molar refractivity (Wildman–Crippen MR) is 86.3 cm³/mol. The third-order valence-corrected chi connectivity index (χ3v) is 3.59. The number of carbonyl (C=O) groups is 3. The zero-order chi connectivity index (χ0) is 17.7. The van der Waals surface area contributed by atoms with E-state index in [1.807, 2.05) is 24.3 Å². The molecule has 1 aromatic heterocycles. The molecule has 0 aliphatic carbocycles. The number of fused-ring (bicyclic) bond motifs is 1. The van der Waals surface area contributed by atoms with E-state index in [2.05, 4.69) is 15.6 Å². The molecule has 1 aromatic carbocycles. The summed E-state index contributed by atoms with van der Waals surface area (Å²) in [5.74, 6) is -2.44. The van der Waals surface area contributed by atoms with Crippen molar-refractivity contribution in [1.29, 1.82) is 0 Å². The van der Waals surface area contributed by atoms with E-state index in [1.54, 1.807) is 6.20 Å². The van der Waals surface area contributed by atoms with Gasteiger partial charge in [0, 0.05) is 30.4 Å². The molecule has 128 valence electrons. The summed E-state index contributed by atoms with van der Waals surface area (Å²) in [6, 6.07) is 5.05. The first-order valence-corrected chi connectivity index (χ1v) is 7.38. The van der Waals surface area contributed by atoms with Crippen LogP contribution >= 0.6 is 0 Å². The molecule has 0 aliphatic rings. The quantitative estimate of drug-likeness (QED) is 0.478. The number of nitrogens with one attached hydrogen (secondary N) is 3. The van der Waals surface area contributed by atoms with Crippen molar-refractivity contribution < 1.29 is 24.6 Å². The number of aromatic amines is 1. The Balaban J connectivity index is 2.13. The Labute approximate surface area is 137 Å². The maximum absolute atomic E-state index is 12.1. The minimum atomic E-state index is -1.20. The van der Waals surface area contributed by atoms with E-state index >= 15 is 0 Å². The third kappa shape index (κ3) is 4.11. The fourth-order valence-electron chi connectivity index (χ4n) is 2.43. The number of carbonyl (C=O) groups excluding carboxylic acids is 2. The standard InChI is InChI=1S/C16H19N3O5/c1-9(21)18-14(8-20)15(22)19-13(16(23)24)6-10-7-17-12-5-3-2-4-11(10)12/h2-5,7,13-14,17,20H,6,8H2,1H3,(H,18,21)(H,19,22)(H,23,24)/t13-,14-/m0/s1. The maximum Gasteiger partial charge on any atom is 0.326 e.